The fourth-order valence-corrected chi connectivity index (χ4v) is 6.03. The van der Waals surface area contributed by atoms with Crippen molar-refractivity contribution < 1.29 is 23.9 Å². The van der Waals surface area contributed by atoms with E-state index >= 15 is 0 Å². The van der Waals surface area contributed by atoms with Gasteiger partial charge < -0.3 is 4.74 Å². The molecule has 2 amide bonds. The number of allylic oxidation sites excluding steroid dienone is 2. The van der Waals surface area contributed by atoms with E-state index in [1.54, 1.807) is 0 Å². The van der Waals surface area contributed by atoms with Gasteiger partial charge in [-0.15, -0.1) is 0 Å². The van der Waals surface area contributed by atoms with E-state index in [2.05, 4.69) is 12.2 Å². The Morgan fingerprint density at radius 3 is 2.27 bits per heavy atom. The van der Waals surface area contributed by atoms with E-state index in [0.29, 0.717) is 16.9 Å². The first-order chi connectivity index (χ1) is 14.3. The number of esters is 1. The minimum absolute atomic E-state index is 0.0864. The second-order valence-corrected chi connectivity index (χ2v) is 9.38. The molecule has 2 bridgehead atoms. The average molecular weight is 448 g/mol. The van der Waals surface area contributed by atoms with Gasteiger partial charge in [0.25, 0.3) is 0 Å². The highest BCUT2D eigenvalue weighted by Crippen LogP contribution is 2.65. The predicted molar refractivity (Wildman–Crippen MR) is 108 cm³/mol. The maximum Gasteiger partial charge on any atom is 0.329 e. The Morgan fingerprint density at radius 2 is 1.70 bits per heavy atom. The first kappa shape index (κ1) is 19.8. The Labute approximate surface area is 183 Å². The van der Waals surface area contributed by atoms with Crippen molar-refractivity contribution in [2.45, 2.75) is 19.4 Å². The zero-order valence-corrected chi connectivity index (χ0v) is 17.6. The van der Waals surface area contributed by atoms with Gasteiger partial charge in [0.05, 0.1) is 16.9 Å². The van der Waals surface area contributed by atoms with Crippen LogP contribution in [0.5, 0.6) is 0 Å². The van der Waals surface area contributed by atoms with Gasteiger partial charge in [0.1, 0.15) is 6.04 Å². The van der Waals surface area contributed by atoms with Gasteiger partial charge >= 0.3 is 5.97 Å². The molecule has 1 aromatic rings. The van der Waals surface area contributed by atoms with E-state index in [-0.39, 0.29) is 46.1 Å². The number of Topliss-reactive ketones (excluding diaryl/α,β-unsaturated/α-hetero) is 1. The maximum atomic E-state index is 13.1. The summed E-state index contributed by atoms with van der Waals surface area (Å²) in [5.74, 6) is -1.48. The summed E-state index contributed by atoms with van der Waals surface area (Å²) in [6.45, 7) is 0.926. The number of likely N-dealkylation sites (tertiary alicyclic amines) is 1. The summed E-state index contributed by atoms with van der Waals surface area (Å²) in [4.78, 5) is 52.1. The molecule has 1 saturated heterocycles. The number of ether oxygens (including phenoxy) is 1. The molecule has 0 radical (unpaired) electrons. The molecule has 0 unspecified atom stereocenters. The Kier molecular flexibility index (Phi) is 4.56. The predicted octanol–water partition coefficient (Wildman–Crippen LogP) is 3.16. The van der Waals surface area contributed by atoms with E-state index in [4.69, 9.17) is 27.9 Å². The van der Waals surface area contributed by atoms with E-state index in [1.807, 2.05) is 0 Å². The van der Waals surface area contributed by atoms with Gasteiger partial charge in [0.15, 0.2) is 6.61 Å². The molecule has 8 heteroatoms. The fraction of sp³-hybridized carbons (Fsp3) is 0.455. The molecule has 30 heavy (non-hydrogen) atoms. The van der Waals surface area contributed by atoms with Crippen LogP contribution >= 0.6 is 23.2 Å². The van der Waals surface area contributed by atoms with Crippen molar-refractivity contribution in [3.63, 3.8) is 0 Å². The van der Waals surface area contributed by atoms with Crippen molar-refractivity contribution in [1.29, 1.82) is 0 Å². The highest BCUT2D eigenvalue weighted by molar-refractivity contribution is 6.36. The van der Waals surface area contributed by atoms with Gasteiger partial charge in [-0.05, 0) is 55.2 Å². The summed E-state index contributed by atoms with van der Waals surface area (Å²) in [5, 5.41) is 0.544. The molecular formula is C22H19Cl2NO5. The molecule has 3 fully saturated rings. The highest BCUT2D eigenvalue weighted by Gasteiger charge is 2.67. The van der Waals surface area contributed by atoms with Crippen LogP contribution in [0, 0.1) is 35.5 Å². The van der Waals surface area contributed by atoms with Gasteiger partial charge in [-0.3, -0.25) is 19.3 Å². The summed E-state index contributed by atoms with van der Waals surface area (Å²) < 4.78 is 5.13. The second kappa shape index (κ2) is 6.92. The van der Waals surface area contributed by atoms with Gasteiger partial charge in [-0.1, -0.05) is 35.4 Å². The Balaban J connectivity index is 1.27. The maximum absolute atomic E-state index is 13.1. The second-order valence-electron chi connectivity index (χ2n) is 8.53. The van der Waals surface area contributed by atoms with E-state index in [0.717, 1.165) is 11.3 Å². The number of hydrogen-bond acceptors (Lipinski definition) is 5. The quantitative estimate of drug-likeness (QED) is 0.299. The minimum atomic E-state index is -1.08. The van der Waals surface area contributed by atoms with Crippen molar-refractivity contribution in [2.24, 2.45) is 35.5 Å². The number of nitrogens with zero attached hydrogens (tertiary/aromatic N) is 1. The molecule has 6 nitrogen and oxygen atoms in total. The van der Waals surface area contributed by atoms with Gasteiger partial charge in [-0.2, -0.15) is 0 Å². The summed E-state index contributed by atoms with van der Waals surface area (Å²) in [7, 11) is 0. The lowest BCUT2D eigenvalue weighted by atomic mass is 9.63. The Hall–Kier alpha value is -2.18. The smallest absolute Gasteiger partial charge is 0.329 e. The number of ketones is 1. The third-order valence-corrected chi connectivity index (χ3v) is 7.55. The molecule has 156 valence electrons. The van der Waals surface area contributed by atoms with Crippen molar-refractivity contribution in [3.8, 4) is 0 Å². The van der Waals surface area contributed by atoms with E-state index in [9.17, 15) is 19.2 Å². The molecule has 1 aliphatic heterocycles. The first-order valence-electron chi connectivity index (χ1n) is 9.99. The lowest BCUT2D eigenvalue weighted by molar-refractivity contribution is -0.157. The van der Waals surface area contributed by atoms with Gasteiger partial charge in [0, 0.05) is 10.6 Å². The van der Waals surface area contributed by atoms with E-state index < -0.39 is 24.4 Å². The van der Waals surface area contributed by atoms with Crippen LogP contribution in [0.1, 0.15) is 23.7 Å². The SMILES string of the molecule is C[C@@H](C(=O)OCC(=O)c1ccc(Cl)cc1Cl)N1C(=O)[C@H]2[C@@H]3C=C[C@H]([C@H]4C[C@H]34)[C@@H]2C1=O. The summed E-state index contributed by atoms with van der Waals surface area (Å²) in [6.07, 6.45) is 5.22. The molecule has 6 rings (SSSR count). The Bertz CT molecular complexity index is 985. The molecule has 4 aliphatic carbocycles. The number of carbonyl (C=O) groups excluding carboxylic acids is 4. The lowest BCUT2D eigenvalue weighted by Crippen LogP contribution is -2.45. The van der Waals surface area contributed by atoms with Gasteiger partial charge in [0.2, 0.25) is 17.6 Å². The number of halogens is 2. The van der Waals surface area contributed by atoms with Crippen LogP contribution in [0.15, 0.2) is 30.4 Å². The number of amides is 2. The van der Waals surface area contributed by atoms with Crippen molar-refractivity contribution in [3.05, 3.63) is 46.0 Å². The van der Waals surface area contributed by atoms with Crippen LogP contribution in [0.3, 0.4) is 0 Å². The van der Waals surface area contributed by atoms with Crippen LogP contribution in [-0.4, -0.2) is 41.1 Å². The van der Waals surface area contributed by atoms with Crippen LogP contribution < -0.4 is 0 Å². The largest absolute Gasteiger partial charge is 0.456 e. The third kappa shape index (κ3) is 2.84. The normalized spacial score (nSPS) is 33.9. The molecule has 0 N–H and O–H groups in total. The van der Waals surface area contributed by atoms with Crippen molar-refractivity contribution in [2.75, 3.05) is 6.61 Å². The molecule has 0 spiro atoms. The van der Waals surface area contributed by atoms with Gasteiger partial charge in [-0.25, -0.2) is 4.79 Å². The van der Waals surface area contributed by atoms with Crippen molar-refractivity contribution >= 4 is 46.8 Å². The number of benzene rings is 1. The zero-order chi connectivity index (χ0) is 21.3. The van der Waals surface area contributed by atoms with Crippen LogP contribution in [-0.2, 0) is 19.1 Å². The van der Waals surface area contributed by atoms with Crippen molar-refractivity contribution in [1.82, 2.24) is 4.90 Å². The molecular weight excluding hydrogens is 429 g/mol. The lowest BCUT2D eigenvalue weighted by Gasteiger charge is -2.37. The standard InChI is InChI=1S/C22H19Cl2NO5/c1-9(22(29)30-8-17(26)13-3-2-10(23)6-16(13)24)25-20(27)18-11-4-5-12(15-7-14(11)15)19(18)21(25)28/h2-6,9,11-12,14-15,18-19H,7-8H2,1H3/t9-,11+,12+,14+,15+,18-,19-/m0/s1. The highest BCUT2D eigenvalue weighted by atomic mass is 35.5. The summed E-state index contributed by atoms with van der Waals surface area (Å²) in [6, 6.07) is 3.31. The molecule has 5 aliphatic rings. The molecule has 1 heterocycles. The molecule has 0 aromatic heterocycles. The van der Waals surface area contributed by atoms with Crippen LogP contribution in [0.25, 0.3) is 0 Å². The number of carbonyl (C=O) groups is 4. The number of rotatable bonds is 5. The van der Waals surface area contributed by atoms with Crippen LogP contribution in [0.4, 0.5) is 0 Å². The minimum Gasteiger partial charge on any atom is -0.456 e. The average Bonchev–Trinajstić information content (AvgIpc) is 3.49. The summed E-state index contributed by atoms with van der Waals surface area (Å²) in [5.41, 5.74) is 0.183. The third-order valence-electron chi connectivity index (χ3n) is 7.00. The molecule has 2 saturated carbocycles. The number of imide groups is 1. The topological polar surface area (TPSA) is 80.8 Å². The Morgan fingerprint density at radius 1 is 1.10 bits per heavy atom. The first-order valence-corrected chi connectivity index (χ1v) is 10.8. The molecule has 1 aromatic carbocycles. The molecule has 7 atom stereocenters. The monoisotopic (exact) mass is 447 g/mol. The fourth-order valence-electron chi connectivity index (χ4n) is 5.52. The van der Waals surface area contributed by atoms with Crippen LogP contribution in [0.2, 0.25) is 10.0 Å². The zero-order valence-electron chi connectivity index (χ0n) is 16.1. The number of hydrogen-bond donors (Lipinski definition) is 0. The van der Waals surface area contributed by atoms with E-state index in [1.165, 1.54) is 25.1 Å². The summed E-state index contributed by atoms with van der Waals surface area (Å²) >= 11 is 11.8.